The van der Waals surface area contributed by atoms with Gasteiger partial charge in [0.25, 0.3) is 0 Å². The van der Waals surface area contributed by atoms with Crippen molar-refractivity contribution >= 4 is 41.7 Å². The highest BCUT2D eigenvalue weighted by atomic mass is 127. The van der Waals surface area contributed by atoms with Crippen LogP contribution in [0.3, 0.4) is 0 Å². The zero-order valence-corrected chi connectivity index (χ0v) is 19.7. The third-order valence-corrected chi connectivity index (χ3v) is 4.47. The molecule has 150 valence electrons. The van der Waals surface area contributed by atoms with E-state index in [0.717, 1.165) is 56.8 Å². The summed E-state index contributed by atoms with van der Waals surface area (Å²) in [5, 5.41) is 6.61. The zero-order chi connectivity index (χ0) is 18.3. The molecule has 0 aromatic heterocycles. The number of nitrogens with one attached hydrogen (secondary N) is 2. The largest absolute Gasteiger partial charge is 0.492 e. The minimum absolute atomic E-state index is 0. The molecule has 1 aromatic rings. The van der Waals surface area contributed by atoms with Crippen molar-refractivity contribution in [1.82, 2.24) is 15.5 Å². The van der Waals surface area contributed by atoms with Gasteiger partial charge in [-0.3, -0.25) is 0 Å². The average Bonchev–Trinajstić information content (AvgIpc) is 2.64. The van der Waals surface area contributed by atoms with Crippen LogP contribution in [0, 0.1) is 0 Å². The van der Waals surface area contributed by atoms with Crippen molar-refractivity contribution in [3.8, 4) is 5.75 Å². The Morgan fingerprint density at radius 1 is 1.12 bits per heavy atom. The van der Waals surface area contributed by atoms with Gasteiger partial charge in [0.2, 0.25) is 0 Å². The lowest BCUT2D eigenvalue weighted by Gasteiger charge is -2.18. The van der Waals surface area contributed by atoms with Gasteiger partial charge in [-0.2, -0.15) is 11.8 Å². The number of guanidine groups is 1. The van der Waals surface area contributed by atoms with Crippen LogP contribution in [0.25, 0.3) is 0 Å². The number of benzene rings is 1. The van der Waals surface area contributed by atoms with Gasteiger partial charge in [0.1, 0.15) is 12.4 Å². The molecule has 7 heteroatoms. The maximum absolute atomic E-state index is 5.82. The predicted octanol–water partition coefficient (Wildman–Crippen LogP) is 3.44. The fourth-order valence-corrected chi connectivity index (χ4v) is 2.61. The maximum Gasteiger partial charge on any atom is 0.191 e. The van der Waals surface area contributed by atoms with Crippen molar-refractivity contribution in [3.63, 3.8) is 0 Å². The molecule has 1 rings (SSSR count). The van der Waals surface area contributed by atoms with Crippen molar-refractivity contribution in [1.29, 1.82) is 0 Å². The van der Waals surface area contributed by atoms with Gasteiger partial charge < -0.3 is 20.3 Å². The summed E-state index contributed by atoms with van der Waals surface area (Å²) in [6, 6.07) is 8.23. The second-order valence-corrected chi connectivity index (χ2v) is 6.62. The smallest absolute Gasteiger partial charge is 0.191 e. The Labute approximate surface area is 180 Å². The Kier molecular flexibility index (Phi) is 16.1. The minimum Gasteiger partial charge on any atom is -0.492 e. The van der Waals surface area contributed by atoms with Crippen molar-refractivity contribution in [3.05, 3.63) is 29.8 Å². The van der Waals surface area contributed by atoms with Gasteiger partial charge in [0, 0.05) is 25.4 Å². The number of likely N-dealkylation sites (N-methyl/N-ethyl adjacent to an activating group) is 1. The number of thioether (sulfide) groups is 1. The lowest BCUT2D eigenvalue weighted by molar-refractivity contribution is 0.223. The number of aliphatic imine (C=N–C) groups is 1. The maximum atomic E-state index is 5.82. The first-order chi connectivity index (χ1) is 12.2. The standard InChI is InChI=1S/C19H34N4OS.HI/c1-5-20-19(21-12-15-25-4)22-16-17-8-10-18(11-9-17)24-14-13-23(6-2)7-3;/h8-11H,5-7,12-16H2,1-4H3,(H2,20,21,22);1H. The van der Waals surface area contributed by atoms with Crippen LogP contribution < -0.4 is 15.4 Å². The first-order valence-corrected chi connectivity index (χ1v) is 10.6. The van der Waals surface area contributed by atoms with Crippen LogP contribution >= 0.6 is 35.7 Å². The van der Waals surface area contributed by atoms with Crippen LogP contribution in [0.2, 0.25) is 0 Å². The number of ether oxygens (including phenoxy) is 1. The number of rotatable bonds is 12. The van der Waals surface area contributed by atoms with Crippen LogP contribution in [-0.4, -0.2) is 62.2 Å². The van der Waals surface area contributed by atoms with E-state index in [-0.39, 0.29) is 24.0 Å². The molecule has 5 nitrogen and oxygen atoms in total. The minimum atomic E-state index is 0. The number of nitrogens with zero attached hydrogens (tertiary/aromatic N) is 2. The van der Waals surface area contributed by atoms with Crippen LogP contribution in [0.15, 0.2) is 29.3 Å². The van der Waals surface area contributed by atoms with E-state index < -0.39 is 0 Å². The molecule has 0 heterocycles. The Balaban J connectivity index is 0.00000625. The topological polar surface area (TPSA) is 48.9 Å². The first kappa shape index (κ1) is 25.3. The molecule has 0 saturated carbocycles. The molecule has 2 N–H and O–H groups in total. The molecule has 0 aliphatic heterocycles. The summed E-state index contributed by atoms with van der Waals surface area (Å²) in [5.74, 6) is 2.87. The summed E-state index contributed by atoms with van der Waals surface area (Å²) in [6.07, 6.45) is 2.11. The van der Waals surface area contributed by atoms with Gasteiger partial charge in [-0.1, -0.05) is 26.0 Å². The van der Waals surface area contributed by atoms with E-state index in [1.54, 1.807) is 0 Å². The van der Waals surface area contributed by atoms with Gasteiger partial charge in [0.05, 0.1) is 6.54 Å². The second-order valence-electron chi connectivity index (χ2n) is 5.63. The van der Waals surface area contributed by atoms with Crippen LogP contribution in [0.4, 0.5) is 0 Å². The van der Waals surface area contributed by atoms with Gasteiger partial charge in [-0.25, -0.2) is 4.99 Å². The van der Waals surface area contributed by atoms with E-state index in [2.05, 4.69) is 59.7 Å². The van der Waals surface area contributed by atoms with E-state index in [9.17, 15) is 0 Å². The predicted molar refractivity (Wildman–Crippen MR) is 126 cm³/mol. The highest BCUT2D eigenvalue weighted by Crippen LogP contribution is 2.13. The van der Waals surface area contributed by atoms with Crippen molar-refractivity contribution in [2.45, 2.75) is 27.3 Å². The van der Waals surface area contributed by atoms with Crippen molar-refractivity contribution < 1.29 is 4.74 Å². The number of hydrogen-bond acceptors (Lipinski definition) is 4. The molecule has 0 aliphatic rings. The fourth-order valence-electron chi connectivity index (χ4n) is 2.31. The summed E-state index contributed by atoms with van der Waals surface area (Å²) in [4.78, 5) is 6.99. The van der Waals surface area contributed by atoms with E-state index in [1.807, 2.05) is 23.9 Å². The summed E-state index contributed by atoms with van der Waals surface area (Å²) in [6.45, 7) is 12.7. The Bertz CT molecular complexity index is 481. The highest BCUT2D eigenvalue weighted by Gasteiger charge is 2.01. The quantitative estimate of drug-likeness (QED) is 0.202. The molecule has 1 aromatic carbocycles. The van der Waals surface area contributed by atoms with E-state index in [1.165, 1.54) is 5.56 Å². The molecule has 0 spiro atoms. The lowest BCUT2D eigenvalue weighted by Crippen LogP contribution is -2.38. The molecule has 26 heavy (non-hydrogen) atoms. The average molecular weight is 494 g/mol. The SMILES string of the molecule is CCNC(=NCc1ccc(OCCN(CC)CC)cc1)NCCSC.I. The van der Waals surface area contributed by atoms with Gasteiger partial charge in [0.15, 0.2) is 5.96 Å². The first-order valence-electron chi connectivity index (χ1n) is 9.18. The van der Waals surface area contributed by atoms with Gasteiger partial charge in [-0.05, 0) is 44.0 Å². The molecule has 0 saturated heterocycles. The molecule has 0 bridgehead atoms. The zero-order valence-electron chi connectivity index (χ0n) is 16.6. The van der Waals surface area contributed by atoms with Crippen molar-refractivity contribution in [2.24, 2.45) is 4.99 Å². The third kappa shape index (κ3) is 11.1. The third-order valence-electron chi connectivity index (χ3n) is 3.86. The molecule has 0 fully saturated rings. The van der Waals surface area contributed by atoms with E-state index >= 15 is 0 Å². The van der Waals surface area contributed by atoms with E-state index in [4.69, 9.17) is 4.74 Å². The lowest BCUT2D eigenvalue weighted by atomic mass is 10.2. The molecule has 0 unspecified atom stereocenters. The normalized spacial score (nSPS) is 11.2. The van der Waals surface area contributed by atoms with Crippen LogP contribution in [-0.2, 0) is 6.54 Å². The van der Waals surface area contributed by atoms with Gasteiger partial charge >= 0.3 is 0 Å². The van der Waals surface area contributed by atoms with Gasteiger partial charge in [-0.15, -0.1) is 24.0 Å². The summed E-state index contributed by atoms with van der Waals surface area (Å²) < 4.78 is 5.82. The molecule has 0 aliphatic carbocycles. The summed E-state index contributed by atoms with van der Waals surface area (Å²) in [5.41, 5.74) is 1.18. The van der Waals surface area contributed by atoms with E-state index in [0.29, 0.717) is 6.54 Å². The highest BCUT2D eigenvalue weighted by molar-refractivity contribution is 14.0. The summed E-state index contributed by atoms with van der Waals surface area (Å²) >= 11 is 1.83. The molecular formula is C19H35IN4OS. The molecule has 0 atom stereocenters. The number of halogens is 1. The summed E-state index contributed by atoms with van der Waals surface area (Å²) in [7, 11) is 0. The monoisotopic (exact) mass is 494 g/mol. The second kappa shape index (κ2) is 16.5. The molecule has 0 radical (unpaired) electrons. The van der Waals surface area contributed by atoms with Crippen molar-refractivity contribution in [2.75, 3.05) is 51.3 Å². The molecule has 0 amide bonds. The Morgan fingerprint density at radius 2 is 1.81 bits per heavy atom. The Morgan fingerprint density at radius 3 is 2.38 bits per heavy atom. The van der Waals surface area contributed by atoms with Crippen LogP contribution in [0.5, 0.6) is 5.75 Å². The fraction of sp³-hybridized carbons (Fsp3) is 0.632. The molecular weight excluding hydrogens is 459 g/mol. The Hall–Kier alpha value is -0.670. The van der Waals surface area contributed by atoms with Crippen LogP contribution in [0.1, 0.15) is 26.3 Å². The number of hydrogen-bond donors (Lipinski definition) is 2.